The monoisotopic (exact) mass is 302 g/mol. The van der Waals surface area contributed by atoms with Gasteiger partial charge in [0.25, 0.3) is 0 Å². The van der Waals surface area contributed by atoms with Gasteiger partial charge in [-0.1, -0.05) is 19.8 Å². The van der Waals surface area contributed by atoms with Gasteiger partial charge in [-0.05, 0) is 32.1 Å². The first-order valence-electron chi connectivity index (χ1n) is 7.80. The van der Waals surface area contributed by atoms with Gasteiger partial charge in [-0.25, -0.2) is 13.1 Å². The van der Waals surface area contributed by atoms with Gasteiger partial charge in [0.15, 0.2) is 0 Å². The highest BCUT2D eigenvalue weighted by Crippen LogP contribution is 2.27. The highest BCUT2D eigenvalue weighted by molar-refractivity contribution is 7.89. The summed E-state index contributed by atoms with van der Waals surface area (Å²) < 4.78 is 26.2. The smallest absolute Gasteiger partial charge is 0.225 e. The zero-order chi connectivity index (χ0) is 14.6. The van der Waals surface area contributed by atoms with E-state index in [1.165, 1.54) is 12.8 Å². The zero-order valence-electron chi connectivity index (χ0n) is 12.3. The van der Waals surface area contributed by atoms with Crippen LogP contribution in [0.5, 0.6) is 0 Å². The number of hydrogen-bond donors (Lipinski definition) is 1. The topological polar surface area (TPSA) is 66.5 Å². The van der Waals surface area contributed by atoms with Crippen molar-refractivity contribution in [3.63, 3.8) is 0 Å². The van der Waals surface area contributed by atoms with Crippen LogP contribution in [-0.4, -0.2) is 44.1 Å². The maximum absolute atomic E-state index is 12.3. The highest BCUT2D eigenvalue weighted by atomic mass is 32.2. The Morgan fingerprint density at radius 3 is 2.30 bits per heavy atom. The molecular weight excluding hydrogens is 276 g/mol. The summed E-state index contributed by atoms with van der Waals surface area (Å²) >= 11 is 0. The minimum Gasteiger partial charge on any atom is -0.342 e. The van der Waals surface area contributed by atoms with Crippen LogP contribution in [0.25, 0.3) is 0 Å². The molecule has 0 radical (unpaired) electrons. The van der Waals surface area contributed by atoms with Crippen LogP contribution in [0, 0.1) is 5.92 Å². The largest absolute Gasteiger partial charge is 0.342 e. The van der Waals surface area contributed by atoms with Crippen LogP contribution in [0.2, 0.25) is 0 Å². The Kier molecular flexibility index (Phi) is 5.43. The van der Waals surface area contributed by atoms with Gasteiger partial charge in [-0.2, -0.15) is 0 Å². The van der Waals surface area contributed by atoms with E-state index in [-0.39, 0.29) is 23.6 Å². The van der Waals surface area contributed by atoms with Crippen molar-refractivity contribution >= 4 is 15.9 Å². The fraction of sp³-hybridized carbons (Fsp3) is 0.929. The first kappa shape index (κ1) is 15.8. The van der Waals surface area contributed by atoms with Crippen molar-refractivity contribution in [2.75, 3.05) is 18.8 Å². The lowest BCUT2D eigenvalue weighted by Crippen LogP contribution is -2.48. The molecule has 1 N–H and O–H groups in total. The molecule has 6 heteroatoms. The van der Waals surface area contributed by atoms with Gasteiger partial charge in [0.1, 0.15) is 0 Å². The van der Waals surface area contributed by atoms with E-state index in [1.807, 2.05) is 11.8 Å². The number of amides is 1. The van der Waals surface area contributed by atoms with Crippen molar-refractivity contribution in [3.8, 4) is 0 Å². The van der Waals surface area contributed by atoms with Crippen molar-refractivity contribution in [3.05, 3.63) is 0 Å². The van der Waals surface area contributed by atoms with E-state index in [0.717, 1.165) is 25.7 Å². The number of likely N-dealkylation sites (tertiary alicyclic amines) is 1. The maximum atomic E-state index is 12.3. The lowest BCUT2D eigenvalue weighted by Gasteiger charge is -2.33. The van der Waals surface area contributed by atoms with Crippen LogP contribution < -0.4 is 4.72 Å². The van der Waals surface area contributed by atoms with Gasteiger partial charge in [0.2, 0.25) is 15.9 Å². The number of carbonyl (C=O) groups excluding carboxylic acids is 1. The van der Waals surface area contributed by atoms with E-state index < -0.39 is 10.0 Å². The van der Waals surface area contributed by atoms with Crippen LogP contribution >= 0.6 is 0 Å². The molecule has 1 heterocycles. The summed E-state index contributed by atoms with van der Waals surface area (Å²) in [5.74, 6) is 0.703. The summed E-state index contributed by atoms with van der Waals surface area (Å²) in [6, 6.07) is -0.000761. The van der Waals surface area contributed by atoms with E-state index >= 15 is 0 Å². The molecule has 1 saturated heterocycles. The number of rotatable bonds is 5. The zero-order valence-corrected chi connectivity index (χ0v) is 13.1. The molecule has 0 spiro atoms. The third-order valence-electron chi connectivity index (χ3n) is 4.33. The van der Waals surface area contributed by atoms with Gasteiger partial charge >= 0.3 is 0 Å². The molecule has 0 unspecified atom stereocenters. The molecule has 20 heavy (non-hydrogen) atoms. The first-order valence-corrected chi connectivity index (χ1v) is 9.46. The average molecular weight is 302 g/mol. The fourth-order valence-electron chi connectivity index (χ4n) is 3.23. The third kappa shape index (κ3) is 4.19. The summed E-state index contributed by atoms with van der Waals surface area (Å²) in [7, 11) is -3.14. The third-order valence-corrected chi connectivity index (χ3v) is 5.97. The maximum Gasteiger partial charge on any atom is 0.225 e. The Morgan fingerprint density at radius 1 is 1.15 bits per heavy atom. The SMILES string of the molecule is CCCS(=O)(=O)NC1CCN(C(=O)C2CCCC2)CC1. The van der Waals surface area contributed by atoms with E-state index in [1.54, 1.807) is 0 Å². The predicted octanol–water partition coefficient (Wildman–Crippen LogP) is 1.50. The Labute approximate surface area is 122 Å². The normalized spacial score (nSPS) is 22.4. The Hall–Kier alpha value is -0.620. The van der Waals surface area contributed by atoms with Gasteiger partial charge in [-0.3, -0.25) is 4.79 Å². The first-order chi connectivity index (χ1) is 9.52. The van der Waals surface area contributed by atoms with Crippen LogP contribution in [0.1, 0.15) is 51.9 Å². The lowest BCUT2D eigenvalue weighted by atomic mass is 10.0. The number of piperidine rings is 1. The van der Waals surface area contributed by atoms with Gasteiger partial charge < -0.3 is 4.90 Å². The van der Waals surface area contributed by atoms with E-state index in [9.17, 15) is 13.2 Å². The minimum atomic E-state index is -3.14. The van der Waals surface area contributed by atoms with Gasteiger partial charge in [0.05, 0.1) is 5.75 Å². The summed E-state index contributed by atoms with van der Waals surface area (Å²) in [5, 5.41) is 0. The van der Waals surface area contributed by atoms with E-state index in [2.05, 4.69) is 4.72 Å². The summed E-state index contributed by atoms with van der Waals surface area (Å²) in [4.78, 5) is 14.2. The molecule has 0 aromatic carbocycles. The molecule has 0 atom stereocenters. The molecule has 5 nitrogen and oxygen atoms in total. The Balaban J connectivity index is 1.78. The summed E-state index contributed by atoms with van der Waals surface area (Å²) in [6.45, 7) is 3.24. The van der Waals surface area contributed by atoms with Gasteiger partial charge in [-0.15, -0.1) is 0 Å². The molecule has 2 aliphatic rings. The lowest BCUT2D eigenvalue weighted by molar-refractivity contribution is -0.136. The second-order valence-electron chi connectivity index (χ2n) is 6.02. The molecule has 1 amide bonds. The van der Waals surface area contributed by atoms with Gasteiger partial charge in [0, 0.05) is 25.0 Å². The molecule has 1 saturated carbocycles. The molecule has 2 fully saturated rings. The molecule has 1 aliphatic carbocycles. The Morgan fingerprint density at radius 2 is 1.75 bits per heavy atom. The second kappa shape index (κ2) is 6.89. The van der Waals surface area contributed by atoms with Crippen LogP contribution in [0.15, 0.2) is 0 Å². The molecule has 116 valence electrons. The van der Waals surface area contributed by atoms with E-state index in [0.29, 0.717) is 19.5 Å². The fourth-order valence-corrected chi connectivity index (χ4v) is 4.63. The van der Waals surface area contributed by atoms with Crippen molar-refractivity contribution in [1.82, 2.24) is 9.62 Å². The average Bonchev–Trinajstić information content (AvgIpc) is 2.92. The molecule has 0 aromatic rings. The highest BCUT2D eigenvalue weighted by Gasteiger charge is 2.30. The quantitative estimate of drug-likeness (QED) is 0.837. The van der Waals surface area contributed by atoms with Crippen molar-refractivity contribution in [2.45, 2.75) is 57.9 Å². The minimum absolute atomic E-state index is 0.000761. The summed E-state index contributed by atoms with van der Waals surface area (Å²) in [5.41, 5.74) is 0. The number of hydrogen-bond acceptors (Lipinski definition) is 3. The van der Waals surface area contributed by atoms with Crippen molar-refractivity contribution in [2.24, 2.45) is 5.92 Å². The number of nitrogens with zero attached hydrogens (tertiary/aromatic N) is 1. The molecule has 2 rings (SSSR count). The molecule has 0 aromatic heterocycles. The molecule has 0 bridgehead atoms. The summed E-state index contributed by atoms with van der Waals surface area (Å²) in [6.07, 6.45) is 6.51. The molecule has 1 aliphatic heterocycles. The van der Waals surface area contributed by atoms with E-state index in [4.69, 9.17) is 0 Å². The van der Waals surface area contributed by atoms with Crippen molar-refractivity contribution < 1.29 is 13.2 Å². The van der Waals surface area contributed by atoms with Crippen LogP contribution in [0.3, 0.4) is 0 Å². The standard InChI is InChI=1S/C14H26N2O3S/c1-2-11-20(18,19)15-13-7-9-16(10-8-13)14(17)12-5-3-4-6-12/h12-13,15H,2-11H2,1H3. The second-order valence-corrected chi connectivity index (χ2v) is 7.89. The van der Waals surface area contributed by atoms with Crippen LogP contribution in [-0.2, 0) is 14.8 Å². The van der Waals surface area contributed by atoms with Crippen LogP contribution in [0.4, 0.5) is 0 Å². The van der Waals surface area contributed by atoms with Crippen molar-refractivity contribution in [1.29, 1.82) is 0 Å². The Bertz CT molecular complexity index is 422. The number of nitrogens with one attached hydrogen (secondary N) is 1. The number of carbonyl (C=O) groups is 1. The molecular formula is C14H26N2O3S. The number of sulfonamides is 1. The predicted molar refractivity (Wildman–Crippen MR) is 78.8 cm³/mol.